The van der Waals surface area contributed by atoms with E-state index in [0.29, 0.717) is 21.1 Å². The van der Waals surface area contributed by atoms with Crippen molar-refractivity contribution in [3.63, 3.8) is 0 Å². The van der Waals surface area contributed by atoms with Gasteiger partial charge in [0, 0.05) is 18.5 Å². The van der Waals surface area contributed by atoms with E-state index in [0.717, 1.165) is 12.3 Å². The van der Waals surface area contributed by atoms with Crippen molar-refractivity contribution in [1.82, 2.24) is 14.4 Å². The van der Waals surface area contributed by atoms with E-state index in [1.807, 2.05) is 0 Å². The average molecular weight is 454 g/mol. The topological polar surface area (TPSA) is 86.2 Å². The van der Waals surface area contributed by atoms with E-state index in [-0.39, 0.29) is 18.1 Å². The van der Waals surface area contributed by atoms with Gasteiger partial charge in [-0.25, -0.2) is 14.5 Å². The Balaban J connectivity index is 1.72. The Hall–Kier alpha value is -3.18. The van der Waals surface area contributed by atoms with Gasteiger partial charge in [0.25, 0.3) is 11.6 Å². The first-order valence-electron chi connectivity index (χ1n) is 8.39. The molecule has 154 valence electrons. The number of carbonyl (C=O) groups excluding carboxylic acids is 1. The van der Waals surface area contributed by atoms with Gasteiger partial charge < -0.3 is 10.4 Å². The number of halogens is 4. The summed E-state index contributed by atoms with van der Waals surface area (Å²) in [6.45, 7) is 0.131. The molecule has 0 atom stereocenters. The number of anilines is 1. The minimum atomic E-state index is -4.59. The van der Waals surface area contributed by atoms with E-state index in [2.05, 4.69) is 15.3 Å². The summed E-state index contributed by atoms with van der Waals surface area (Å²) in [7, 11) is 0. The molecular weight excluding hydrogens is 443 g/mol. The van der Waals surface area contributed by atoms with E-state index in [1.165, 1.54) is 32.7 Å². The Morgan fingerprint density at radius 1 is 1.30 bits per heavy atom. The molecular formula is C18H11ClF3N5O2S. The molecule has 0 aliphatic carbocycles. The average Bonchev–Trinajstić information content (AvgIpc) is 3.22. The fourth-order valence-electron chi connectivity index (χ4n) is 2.90. The second-order valence-corrected chi connectivity index (χ2v) is 7.83. The molecule has 1 N–H and O–H groups in total. The molecule has 4 aromatic rings. The number of hydrogen-bond acceptors (Lipinski definition) is 5. The Labute approximate surface area is 176 Å². The Bertz CT molecular complexity index is 1250. The number of nitrogens with one attached hydrogen (secondary N) is 1. The van der Waals surface area contributed by atoms with Crippen LogP contribution in [0.15, 0.2) is 48.9 Å². The number of alkyl halides is 3. The number of rotatable bonds is 4. The number of nitrogens with zero attached hydrogens (tertiary/aromatic N) is 4. The fourth-order valence-corrected chi connectivity index (χ4v) is 3.87. The maximum absolute atomic E-state index is 13.0. The van der Waals surface area contributed by atoms with Crippen molar-refractivity contribution < 1.29 is 27.6 Å². The van der Waals surface area contributed by atoms with Crippen molar-refractivity contribution in [3.8, 4) is 5.88 Å². The van der Waals surface area contributed by atoms with Crippen LogP contribution in [-0.2, 0) is 12.7 Å². The zero-order chi connectivity index (χ0) is 21.5. The third-order valence-corrected chi connectivity index (χ3v) is 5.29. The van der Waals surface area contributed by atoms with Gasteiger partial charge >= 0.3 is 6.18 Å². The highest BCUT2D eigenvalue weighted by atomic mass is 35.5. The van der Waals surface area contributed by atoms with E-state index in [1.54, 1.807) is 18.2 Å². The van der Waals surface area contributed by atoms with Crippen LogP contribution in [0.25, 0.3) is 5.65 Å². The molecule has 4 rings (SSSR count). The SMILES string of the molecule is O=C(Nc1cc(C(F)(F)F)ccn1)c1c([O-])[n+](Cc2cnc(Cl)s2)c2ccccn12. The monoisotopic (exact) mass is 453 g/mol. The van der Waals surface area contributed by atoms with E-state index < -0.39 is 23.5 Å². The standard InChI is InChI=1S/C18H11ClF3N5O2S/c19-17-24-8-11(30-17)9-27-13-3-1-2-6-26(13)14(16(27)29)15(28)25-12-7-10(4-5-23-12)18(20,21)22/h1-8H,9H2,(H-,23,25,28,29). The summed E-state index contributed by atoms with van der Waals surface area (Å²) in [4.78, 5) is 21.1. The Morgan fingerprint density at radius 3 is 2.80 bits per heavy atom. The first-order valence-corrected chi connectivity index (χ1v) is 9.58. The number of imidazole rings is 1. The third kappa shape index (κ3) is 3.81. The van der Waals surface area contributed by atoms with Crippen LogP contribution in [0, 0.1) is 0 Å². The summed E-state index contributed by atoms with van der Waals surface area (Å²) >= 11 is 7.03. The number of aromatic nitrogens is 4. The molecule has 0 bridgehead atoms. The molecule has 0 aromatic carbocycles. The van der Waals surface area contributed by atoms with Gasteiger partial charge in [0.05, 0.1) is 16.6 Å². The second kappa shape index (κ2) is 7.58. The van der Waals surface area contributed by atoms with Gasteiger partial charge in [-0.15, -0.1) is 11.3 Å². The van der Waals surface area contributed by atoms with E-state index in [4.69, 9.17) is 11.6 Å². The molecule has 12 heteroatoms. The largest absolute Gasteiger partial charge is 0.839 e. The minimum absolute atomic E-state index is 0.131. The van der Waals surface area contributed by atoms with Crippen molar-refractivity contribution in [2.45, 2.75) is 12.7 Å². The minimum Gasteiger partial charge on any atom is -0.839 e. The van der Waals surface area contributed by atoms with E-state index >= 15 is 0 Å². The summed E-state index contributed by atoms with van der Waals surface area (Å²) in [5.74, 6) is -1.81. The van der Waals surface area contributed by atoms with Crippen molar-refractivity contribution in [3.05, 3.63) is 69.5 Å². The number of fused-ring (bicyclic) bond motifs is 1. The summed E-state index contributed by atoms with van der Waals surface area (Å²) < 4.78 is 41.7. The molecule has 0 saturated heterocycles. The van der Waals surface area contributed by atoms with Crippen molar-refractivity contribution in [2.75, 3.05) is 5.32 Å². The number of hydrogen-bond donors (Lipinski definition) is 1. The zero-order valence-electron chi connectivity index (χ0n) is 14.9. The quantitative estimate of drug-likeness (QED) is 0.481. The smallest absolute Gasteiger partial charge is 0.416 e. The van der Waals surface area contributed by atoms with Crippen LogP contribution in [0.5, 0.6) is 5.88 Å². The molecule has 0 spiro atoms. The van der Waals surface area contributed by atoms with Gasteiger partial charge in [0.2, 0.25) is 5.69 Å². The van der Waals surface area contributed by atoms with Gasteiger partial charge in [0.1, 0.15) is 18.2 Å². The Kier molecular flexibility index (Phi) is 5.08. The lowest BCUT2D eigenvalue weighted by atomic mass is 10.2. The van der Waals surface area contributed by atoms with Gasteiger partial charge in [-0.3, -0.25) is 4.79 Å². The maximum atomic E-state index is 13.0. The number of thiazole rings is 1. The van der Waals surface area contributed by atoms with Crippen LogP contribution in [-0.4, -0.2) is 20.3 Å². The van der Waals surface area contributed by atoms with Gasteiger partial charge in [0.15, 0.2) is 4.47 Å². The van der Waals surface area contributed by atoms with Crippen molar-refractivity contribution >= 4 is 40.3 Å². The molecule has 0 saturated carbocycles. The van der Waals surface area contributed by atoms with Crippen LogP contribution in [0.4, 0.5) is 19.0 Å². The summed E-state index contributed by atoms with van der Waals surface area (Å²) in [6.07, 6.45) is -0.618. The molecule has 7 nitrogen and oxygen atoms in total. The fraction of sp³-hybridized carbons (Fsp3) is 0.111. The van der Waals surface area contributed by atoms with Gasteiger partial charge in [-0.05, 0) is 18.2 Å². The predicted octanol–water partition coefficient (Wildman–Crippen LogP) is 3.12. The third-order valence-electron chi connectivity index (χ3n) is 4.19. The lowest BCUT2D eigenvalue weighted by Gasteiger charge is -2.09. The zero-order valence-corrected chi connectivity index (χ0v) is 16.4. The lowest BCUT2D eigenvalue weighted by molar-refractivity contribution is -0.704. The normalized spacial score (nSPS) is 11.7. The first-order chi connectivity index (χ1) is 14.2. The number of amides is 1. The highest BCUT2D eigenvalue weighted by Gasteiger charge is 2.31. The summed E-state index contributed by atoms with van der Waals surface area (Å²) in [5, 5.41) is 15.3. The molecule has 4 aromatic heterocycles. The van der Waals surface area contributed by atoms with Crippen LogP contribution in [0.2, 0.25) is 4.47 Å². The lowest BCUT2D eigenvalue weighted by Crippen LogP contribution is -2.36. The molecule has 0 unspecified atom stereocenters. The number of pyridine rings is 2. The van der Waals surface area contributed by atoms with Crippen LogP contribution in [0.3, 0.4) is 0 Å². The van der Waals surface area contributed by atoms with Crippen molar-refractivity contribution in [1.29, 1.82) is 0 Å². The molecule has 0 fully saturated rings. The molecule has 30 heavy (non-hydrogen) atoms. The maximum Gasteiger partial charge on any atom is 0.416 e. The molecule has 4 heterocycles. The highest BCUT2D eigenvalue weighted by molar-refractivity contribution is 7.15. The first kappa shape index (κ1) is 20.1. The molecule has 1 amide bonds. The number of carbonyl (C=O) groups is 1. The predicted molar refractivity (Wildman–Crippen MR) is 100 cm³/mol. The second-order valence-electron chi connectivity index (χ2n) is 6.13. The summed E-state index contributed by atoms with van der Waals surface area (Å²) in [5.41, 5.74) is -0.804. The van der Waals surface area contributed by atoms with Crippen LogP contribution < -0.4 is 15.0 Å². The highest BCUT2D eigenvalue weighted by Crippen LogP contribution is 2.30. The Morgan fingerprint density at radius 2 is 2.10 bits per heavy atom. The molecule has 0 aliphatic rings. The van der Waals surface area contributed by atoms with Crippen LogP contribution >= 0.6 is 22.9 Å². The van der Waals surface area contributed by atoms with E-state index in [9.17, 15) is 23.1 Å². The molecule has 0 radical (unpaired) electrons. The van der Waals surface area contributed by atoms with Crippen LogP contribution in [0.1, 0.15) is 20.9 Å². The van der Waals surface area contributed by atoms with Gasteiger partial charge in [-0.1, -0.05) is 17.7 Å². The summed E-state index contributed by atoms with van der Waals surface area (Å²) in [6, 6.07) is 6.45. The van der Waals surface area contributed by atoms with Gasteiger partial charge in [-0.2, -0.15) is 17.6 Å². The molecule has 0 aliphatic heterocycles. The van der Waals surface area contributed by atoms with Crippen molar-refractivity contribution in [2.24, 2.45) is 0 Å².